The number of Topliss-reactive ketones (excluding diaryl/α,β-unsaturated/α-hetero) is 1. The summed E-state index contributed by atoms with van der Waals surface area (Å²) >= 11 is 0. The molecule has 0 amide bonds. The molecule has 0 saturated heterocycles. The minimum absolute atomic E-state index is 0.0208. The molecule has 0 unspecified atom stereocenters. The topological polar surface area (TPSA) is 52.6 Å². The van der Waals surface area contributed by atoms with Crippen molar-refractivity contribution >= 4 is 11.6 Å². The van der Waals surface area contributed by atoms with Gasteiger partial charge in [-0.15, -0.1) is 0 Å². The van der Waals surface area contributed by atoms with Gasteiger partial charge in [-0.2, -0.15) is 0 Å². The van der Waals surface area contributed by atoms with Crippen LogP contribution in [0.3, 0.4) is 0 Å². The van der Waals surface area contributed by atoms with Crippen LogP contribution in [0.2, 0.25) is 0 Å². The smallest absolute Gasteiger partial charge is 0.227 e. The van der Waals surface area contributed by atoms with E-state index in [2.05, 4.69) is 0 Å². The fourth-order valence-corrected chi connectivity index (χ4v) is 1.10. The van der Waals surface area contributed by atoms with Crippen molar-refractivity contribution < 1.29 is 19.1 Å². The molecular formula is C11H16O4. The zero-order valence-electron chi connectivity index (χ0n) is 9.71. The van der Waals surface area contributed by atoms with Crippen LogP contribution >= 0.6 is 0 Å². The van der Waals surface area contributed by atoms with Crippen LogP contribution in [0.4, 0.5) is 0 Å². The SMILES string of the molecule is CC.COC1=C(OC)C(=O)C(C)=CC1=O. The lowest BCUT2D eigenvalue weighted by Crippen LogP contribution is -2.20. The van der Waals surface area contributed by atoms with Crippen LogP contribution in [0.25, 0.3) is 0 Å². The van der Waals surface area contributed by atoms with Crippen molar-refractivity contribution in [1.29, 1.82) is 0 Å². The number of carbonyl (C=O) groups is 2. The molecule has 0 heterocycles. The van der Waals surface area contributed by atoms with Crippen LogP contribution in [0.1, 0.15) is 20.8 Å². The number of rotatable bonds is 2. The van der Waals surface area contributed by atoms with Crippen LogP contribution in [0.15, 0.2) is 23.2 Å². The Hall–Kier alpha value is -1.58. The van der Waals surface area contributed by atoms with E-state index < -0.39 is 0 Å². The van der Waals surface area contributed by atoms with E-state index in [-0.39, 0.29) is 23.1 Å². The molecule has 0 aromatic rings. The van der Waals surface area contributed by atoms with E-state index in [1.54, 1.807) is 6.92 Å². The monoisotopic (exact) mass is 212 g/mol. The lowest BCUT2D eigenvalue weighted by molar-refractivity contribution is -0.120. The third kappa shape index (κ3) is 2.68. The maximum absolute atomic E-state index is 11.4. The molecule has 0 atom stereocenters. The third-order valence-electron chi connectivity index (χ3n) is 1.75. The molecule has 0 fully saturated rings. The molecule has 0 N–H and O–H groups in total. The second kappa shape index (κ2) is 6.01. The second-order valence-corrected chi connectivity index (χ2v) is 2.59. The predicted molar refractivity (Wildman–Crippen MR) is 56.2 cm³/mol. The van der Waals surface area contributed by atoms with Crippen LogP contribution < -0.4 is 0 Å². The van der Waals surface area contributed by atoms with E-state index in [1.165, 1.54) is 20.3 Å². The molecular weight excluding hydrogens is 196 g/mol. The third-order valence-corrected chi connectivity index (χ3v) is 1.75. The molecule has 0 aromatic heterocycles. The molecule has 4 heteroatoms. The van der Waals surface area contributed by atoms with Gasteiger partial charge in [0.05, 0.1) is 14.2 Å². The number of carbonyl (C=O) groups excluding carboxylic acids is 2. The number of ether oxygens (including phenoxy) is 2. The van der Waals surface area contributed by atoms with Gasteiger partial charge in [0.25, 0.3) is 0 Å². The Labute approximate surface area is 89.6 Å². The summed E-state index contributed by atoms with van der Waals surface area (Å²) in [4.78, 5) is 22.6. The normalized spacial score (nSPS) is 15.4. The standard InChI is InChI=1S/C9H10O4.C2H6/c1-5-4-6(10)8(12-2)9(13-3)7(5)11;1-2/h4H,1-3H3;1-2H3. The maximum atomic E-state index is 11.4. The highest BCUT2D eigenvalue weighted by Crippen LogP contribution is 2.19. The molecule has 1 aliphatic rings. The van der Waals surface area contributed by atoms with E-state index in [4.69, 9.17) is 9.47 Å². The van der Waals surface area contributed by atoms with Gasteiger partial charge in [0.15, 0.2) is 0 Å². The molecule has 84 valence electrons. The van der Waals surface area contributed by atoms with Crippen molar-refractivity contribution in [2.24, 2.45) is 0 Å². The molecule has 4 nitrogen and oxygen atoms in total. The summed E-state index contributed by atoms with van der Waals surface area (Å²) in [5, 5.41) is 0. The van der Waals surface area contributed by atoms with Gasteiger partial charge in [0, 0.05) is 5.57 Å². The first-order valence-corrected chi connectivity index (χ1v) is 4.71. The van der Waals surface area contributed by atoms with E-state index in [0.29, 0.717) is 5.57 Å². The van der Waals surface area contributed by atoms with Crippen LogP contribution in [-0.4, -0.2) is 25.8 Å². The average molecular weight is 212 g/mol. The van der Waals surface area contributed by atoms with Crippen molar-refractivity contribution in [3.63, 3.8) is 0 Å². The molecule has 0 radical (unpaired) electrons. The number of allylic oxidation sites excluding steroid dienone is 2. The average Bonchev–Trinajstić information content (AvgIpc) is 2.25. The van der Waals surface area contributed by atoms with Crippen molar-refractivity contribution in [3.05, 3.63) is 23.2 Å². The van der Waals surface area contributed by atoms with Crippen molar-refractivity contribution in [1.82, 2.24) is 0 Å². The summed E-state index contributed by atoms with van der Waals surface area (Å²) in [5.74, 6) is -0.694. The Bertz CT molecular complexity index is 323. The Kier molecular flexibility index (Phi) is 5.37. The van der Waals surface area contributed by atoms with Gasteiger partial charge >= 0.3 is 0 Å². The van der Waals surface area contributed by atoms with Gasteiger partial charge in [-0.25, -0.2) is 0 Å². The Morgan fingerprint density at radius 3 is 1.87 bits per heavy atom. The van der Waals surface area contributed by atoms with Gasteiger partial charge < -0.3 is 9.47 Å². The highest BCUT2D eigenvalue weighted by Gasteiger charge is 2.28. The summed E-state index contributed by atoms with van der Waals surface area (Å²) < 4.78 is 9.56. The van der Waals surface area contributed by atoms with Gasteiger partial charge in [0.1, 0.15) is 0 Å². The summed E-state index contributed by atoms with van der Waals surface area (Å²) in [6, 6.07) is 0. The fourth-order valence-electron chi connectivity index (χ4n) is 1.10. The summed E-state index contributed by atoms with van der Waals surface area (Å²) in [6.45, 7) is 5.56. The van der Waals surface area contributed by atoms with Crippen molar-refractivity contribution in [2.75, 3.05) is 14.2 Å². The molecule has 0 spiro atoms. The van der Waals surface area contributed by atoms with Crippen LogP contribution in [0.5, 0.6) is 0 Å². The van der Waals surface area contributed by atoms with E-state index in [9.17, 15) is 9.59 Å². The number of hydrogen-bond donors (Lipinski definition) is 0. The maximum Gasteiger partial charge on any atom is 0.227 e. The minimum Gasteiger partial charge on any atom is -0.490 e. The first-order valence-electron chi connectivity index (χ1n) is 4.71. The second-order valence-electron chi connectivity index (χ2n) is 2.59. The fraction of sp³-hybridized carbons (Fsp3) is 0.455. The van der Waals surface area contributed by atoms with Crippen molar-refractivity contribution in [2.45, 2.75) is 20.8 Å². The largest absolute Gasteiger partial charge is 0.490 e. The van der Waals surface area contributed by atoms with Crippen molar-refractivity contribution in [3.8, 4) is 0 Å². The Morgan fingerprint density at radius 2 is 1.47 bits per heavy atom. The molecule has 1 rings (SSSR count). The molecule has 0 aromatic carbocycles. The molecule has 0 saturated carbocycles. The van der Waals surface area contributed by atoms with E-state index in [1.807, 2.05) is 13.8 Å². The number of methoxy groups -OCH3 is 2. The van der Waals surface area contributed by atoms with Gasteiger partial charge in [-0.05, 0) is 13.0 Å². The molecule has 1 aliphatic carbocycles. The zero-order chi connectivity index (χ0) is 12.0. The zero-order valence-corrected chi connectivity index (χ0v) is 9.71. The lowest BCUT2D eigenvalue weighted by Gasteiger charge is -2.14. The van der Waals surface area contributed by atoms with Gasteiger partial charge in [0.2, 0.25) is 23.1 Å². The summed E-state index contributed by atoms with van der Waals surface area (Å²) in [7, 11) is 2.66. The van der Waals surface area contributed by atoms with Crippen LogP contribution in [0, 0.1) is 0 Å². The van der Waals surface area contributed by atoms with E-state index >= 15 is 0 Å². The Morgan fingerprint density at radius 1 is 1.00 bits per heavy atom. The number of ketones is 2. The minimum atomic E-state index is -0.337. The van der Waals surface area contributed by atoms with Gasteiger partial charge in [-0.1, -0.05) is 13.8 Å². The summed E-state index contributed by atoms with van der Waals surface area (Å²) in [6.07, 6.45) is 1.24. The molecule has 0 aliphatic heterocycles. The first kappa shape index (κ1) is 13.4. The molecule has 15 heavy (non-hydrogen) atoms. The van der Waals surface area contributed by atoms with E-state index in [0.717, 1.165) is 0 Å². The van der Waals surface area contributed by atoms with Gasteiger partial charge in [-0.3, -0.25) is 9.59 Å². The highest BCUT2D eigenvalue weighted by molar-refractivity contribution is 6.20. The first-order chi connectivity index (χ1) is 7.11. The predicted octanol–water partition coefficient (Wildman–Crippen LogP) is 1.62. The number of hydrogen-bond acceptors (Lipinski definition) is 4. The summed E-state index contributed by atoms with van der Waals surface area (Å²) in [5.41, 5.74) is 0.364. The quantitative estimate of drug-likeness (QED) is 0.652. The van der Waals surface area contributed by atoms with Crippen LogP contribution in [-0.2, 0) is 19.1 Å². The Balaban J connectivity index is 0.000000921. The highest BCUT2D eigenvalue weighted by atomic mass is 16.5. The lowest BCUT2D eigenvalue weighted by atomic mass is 10.0. The molecule has 0 bridgehead atoms.